The predicted octanol–water partition coefficient (Wildman–Crippen LogP) is 3.56. The number of rotatable bonds is 5. The Morgan fingerprint density at radius 3 is 2.81 bits per heavy atom. The molecule has 0 radical (unpaired) electrons. The molecule has 26 heavy (non-hydrogen) atoms. The third-order valence-electron chi connectivity index (χ3n) is 4.35. The Labute approximate surface area is 157 Å². The Balaban J connectivity index is 1.81. The number of hydrogen-bond donors (Lipinski definition) is 0. The summed E-state index contributed by atoms with van der Waals surface area (Å²) in [6, 6.07) is 4.81. The summed E-state index contributed by atoms with van der Waals surface area (Å²) in [5.74, 6) is 1.81. The smallest absolute Gasteiger partial charge is 0.266 e. The maximum Gasteiger partial charge on any atom is 0.266 e. The maximum atomic E-state index is 13.2. The van der Waals surface area contributed by atoms with Crippen molar-refractivity contribution in [1.82, 2.24) is 15.0 Å². The second kappa shape index (κ2) is 7.15. The summed E-state index contributed by atoms with van der Waals surface area (Å²) < 4.78 is 16.6. The van der Waals surface area contributed by atoms with Crippen molar-refractivity contribution in [3.05, 3.63) is 34.9 Å². The molecule has 1 aliphatic heterocycles. The molecule has 0 spiro atoms. The molecule has 0 aliphatic carbocycles. The summed E-state index contributed by atoms with van der Waals surface area (Å²) in [6.45, 7) is 5.85. The van der Waals surface area contributed by atoms with E-state index in [0.29, 0.717) is 34.8 Å². The van der Waals surface area contributed by atoms with Gasteiger partial charge in [-0.25, -0.2) is 0 Å². The van der Waals surface area contributed by atoms with Crippen molar-refractivity contribution in [3.63, 3.8) is 0 Å². The van der Waals surface area contributed by atoms with Crippen molar-refractivity contribution in [2.24, 2.45) is 0 Å². The quantitative estimate of drug-likeness (QED) is 0.790. The number of nitrogens with zero attached hydrogens (tertiary/aromatic N) is 3. The first kappa shape index (κ1) is 18.5. The van der Waals surface area contributed by atoms with Gasteiger partial charge in [-0.2, -0.15) is 4.98 Å². The lowest BCUT2D eigenvalue weighted by Gasteiger charge is -2.32. The molecule has 3 rings (SSSR count). The van der Waals surface area contributed by atoms with Crippen LogP contribution in [0.4, 0.5) is 0 Å². The van der Waals surface area contributed by atoms with Crippen molar-refractivity contribution in [2.45, 2.75) is 45.3 Å². The fraction of sp³-hybridized carbons (Fsp3) is 0.500. The largest absolute Gasteiger partial charge is 0.493 e. The van der Waals surface area contributed by atoms with Gasteiger partial charge in [-0.3, -0.25) is 4.79 Å². The average molecular weight is 380 g/mol. The van der Waals surface area contributed by atoms with Crippen LogP contribution in [-0.4, -0.2) is 40.2 Å². The van der Waals surface area contributed by atoms with Crippen molar-refractivity contribution in [2.75, 3.05) is 13.7 Å². The minimum absolute atomic E-state index is 0.146. The molecule has 1 aliphatic rings. The van der Waals surface area contributed by atoms with Crippen LogP contribution in [0.2, 0.25) is 5.02 Å². The van der Waals surface area contributed by atoms with Crippen molar-refractivity contribution in [3.8, 4) is 11.5 Å². The van der Waals surface area contributed by atoms with Crippen LogP contribution in [0.5, 0.6) is 11.5 Å². The number of aryl methyl sites for hydroxylation is 1. The summed E-state index contributed by atoms with van der Waals surface area (Å²) in [5, 5.41) is 4.36. The lowest BCUT2D eigenvalue weighted by molar-refractivity contribution is -0.147. The molecule has 2 aromatic rings. The molecule has 1 fully saturated rings. The van der Waals surface area contributed by atoms with Gasteiger partial charge in [-0.05, 0) is 45.7 Å². The molecule has 0 bridgehead atoms. The van der Waals surface area contributed by atoms with E-state index in [4.69, 9.17) is 25.6 Å². The van der Waals surface area contributed by atoms with Gasteiger partial charge in [0.2, 0.25) is 5.89 Å². The van der Waals surface area contributed by atoms with Crippen LogP contribution in [0.1, 0.15) is 44.4 Å². The average Bonchev–Trinajstić information content (AvgIpc) is 3.24. The lowest BCUT2D eigenvalue weighted by Crippen LogP contribution is -2.48. The molecule has 8 heteroatoms. The highest BCUT2D eigenvalue weighted by molar-refractivity contribution is 6.30. The van der Waals surface area contributed by atoms with Crippen LogP contribution in [0.3, 0.4) is 0 Å². The fourth-order valence-electron chi connectivity index (χ4n) is 3.11. The number of carbonyl (C=O) groups is 1. The first-order valence-electron chi connectivity index (χ1n) is 8.45. The van der Waals surface area contributed by atoms with Gasteiger partial charge < -0.3 is 18.9 Å². The summed E-state index contributed by atoms with van der Waals surface area (Å²) in [5.41, 5.74) is -1.10. The van der Waals surface area contributed by atoms with Crippen LogP contribution in [0, 0.1) is 6.92 Å². The first-order chi connectivity index (χ1) is 12.3. The van der Waals surface area contributed by atoms with E-state index in [9.17, 15) is 4.79 Å². The number of likely N-dealkylation sites (tertiary alicyclic amines) is 1. The van der Waals surface area contributed by atoms with Gasteiger partial charge in [0, 0.05) is 17.6 Å². The number of hydrogen-bond acceptors (Lipinski definition) is 6. The second-order valence-electron chi connectivity index (χ2n) is 6.74. The normalized spacial score (nSPS) is 17.4. The molecular formula is C18H22ClN3O4. The molecule has 1 amide bonds. The zero-order valence-corrected chi connectivity index (χ0v) is 16.0. The van der Waals surface area contributed by atoms with Gasteiger partial charge in [0.05, 0.1) is 7.11 Å². The molecular weight excluding hydrogens is 358 g/mol. The number of methoxy groups -OCH3 is 1. The molecule has 1 aromatic heterocycles. The Morgan fingerprint density at radius 1 is 1.38 bits per heavy atom. The van der Waals surface area contributed by atoms with E-state index in [1.807, 2.05) is 0 Å². The molecule has 0 N–H and O–H groups in total. The summed E-state index contributed by atoms with van der Waals surface area (Å²) in [4.78, 5) is 19.2. The van der Waals surface area contributed by atoms with E-state index in [-0.39, 0.29) is 11.9 Å². The third-order valence-corrected chi connectivity index (χ3v) is 4.58. The number of benzene rings is 1. The van der Waals surface area contributed by atoms with E-state index in [2.05, 4.69) is 10.1 Å². The van der Waals surface area contributed by atoms with E-state index in [1.165, 1.54) is 7.11 Å². The Kier molecular flexibility index (Phi) is 5.09. The van der Waals surface area contributed by atoms with Crippen LogP contribution < -0.4 is 9.47 Å². The minimum Gasteiger partial charge on any atom is -0.493 e. The number of amides is 1. The summed E-state index contributed by atoms with van der Waals surface area (Å²) in [6.07, 6.45) is 1.66. The van der Waals surface area contributed by atoms with Gasteiger partial charge in [0.15, 0.2) is 22.9 Å². The van der Waals surface area contributed by atoms with Gasteiger partial charge in [0.25, 0.3) is 5.91 Å². The minimum atomic E-state index is -1.10. The highest BCUT2D eigenvalue weighted by atomic mass is 35.5. The molecule has 1 aromatic carbocycles. The summed E-state index contributed by atoms with van der Waals surface area (Å²) >= 11 is 5.99. The Morgan fingerprint density at radius 2 is 2.15 bits per heavy atom. The van der Waals surface area contributed by atoms with Gasteiger partial charge in [-0.1, -0.05) is 16.8 Å². The molecule has 7 nitrogen and oxygen atoms in total. The number of carbonyl (C=O) groups excluding carboxylic acids is 1. The number of halogens is 1. The molecule has 140 valence electrons. The first-order valence-corrected chi connectivity index (χ1v) is 8.83. The Bertz CT molecular complexity index is 805. The van der Waals surface area contributed by atoms with Gasteiger partial charge in [-0.15, -0.1) is 0 Å². The molecule has 1 unspecified atom stereocenters. The summed E-state index contributed by atoms with van der Waals surface area (Å²) in [7, 11) is 1.53. The Hall–Kier alpha value is -2.28. The predicted molar refractivity (Wildman–Crippen MR) is 95.4 cm³/mol. The van der Waals surface area contributed by atoms with Gasteiger partial charge >= 0.3 is 0 Å². The number of ether oxygens (including phenoxy) is 2. The number of aromatic nitrogens is 2. The monoisotopic (exact) mass is 379 g/mol. The molecule has 2 heterocycles. The maximum absolute atomic E-state index is 13.2. The highest BCUT2D eigenvalue weighted by Crippen LogP contribution is 2.36. The van der Waals surface area contributed by atoms with Crippen molar-refractivity contribution >= 4 is 17.5 Å². The molecule has 1 saturated heterocycles. The van der Waals surface area contributed by atoms with Crippen molar-refractivity contribution < 1.29 is 18.8 Å². The van der Waals surface area contributed by atoms with Crippen LogP contribution in [0.25, 0.3) is 0 Å². The van der Waals surface area contributed by atoms with E-state index in [0.717, 1.165) is 12.8 Å². The standard InChI is InChI=1S/C18H22ClN3O4/c1-11-20-16(26-21-11)13-6-5-9-22(13)17(23)18(2,3)25-14-8-7-12(19)10-15(14)24-4/h7-8,10,13H,5-6,9H2,1-4H3. The highest BCUT2D eigenvalue weighted by Gasteiger charge is 2.42. The zero-order chi connectivity index (χ0) is 18.9. The van der Waals surface area contributed by atoms with Gasteiger partial charge in [0.1, 0.15) is 6.04 Å². The van der Waals surface area contributed by atoms with Crippen LogP contribution in [-0.2, 0) is 4.79 Å². The second-order valence-corrected chi connectivity index (χ2v) is 7.18. The lowest BCUT2D eigenvalue weighted by atomic mass is 10.1. The van der Waals surface area contributed by atoms with Crippen molar-refractivity contribution in [1.29, 1.82) is 0 Å². The van der Waals surface area contributed by atoms with E-state index in [1.54, 1.807) is 43.9 Å². The topological polar surface area (TPSA) is 77.7 Å². The van der Waals surface area contributed by atoms with E-state index >= 15 is 0 Å². The fourth-order valence-corrected chi connectivity index (χ4v) is 3.27. The van der Waals surface area contributed by atoms with Crippen LogP contribution in [0.15, 0.2) is 22.7 Å². The zero-order valence-electron chi connectivity index (χ0n) is 15.3. The SMILES string of the molecule is COc1cc(Cl)ccc1OC(C)(C)C(=O)N1CCCC1c1nc(C)no1. The molecule has 0 saturated carbocycles. The molecule has 1 atom stereocenters. The third kappa shape index (κ3) is 3.62. The van der Waals surface area contributed by atoms with Crippen LogP contribution >= 0.6 is 11.6 Å². The van der Waals surface area contributed by atoms with E-state index < -0.39 is 5.60 Å².